The van der Waals surface area contributed by atoms with Gasteiger partial charge in [-0.1, -0.05) is 65.0 Å². The normalized spacial score (nSPS) is 11.8. The number of hydrogen-bond acceptors (Lipinski definition) is 6. The summed E-state index contributed by atoms with van der Waals surface area (Å²) >= 11 is 1.15. The van der Waals surface area contributed by atoms with Gasteiger partial charge in [-0.2, -0.15) is 0 Å². The average Bonchev–Trinajstić information content (AvgIpc) is 3.15. The number of thiazole rings is 1. The number of benzene rings is 3. The molecule has 4 rings (SSSR count). The van der Waals surface area contributed by atoms with E-state index in [0.717, 1.165) is 50.4 Å². The van der Waals surface area contributed by atoms with Crippen molar-refractivity contribution in [1.82, 2.24) is 9.88 Å². The molecule has 34 heavy (non-hydrogen) atoms. The fourth-order valence-corrected chi connectivity index (χ4v) is 4.77. The number of ether oxygens (including phenoxy) is 1. The summed E-state index contributed by atoms with van der Waals surface area (Å²) in [6.07, 6.45) is 0.753. The number of carbonyl (C=O) groups excluding carboxylic acids is 1. The van der Waals surface area contributed by atoms with E-state index < -0.39 is 6.04 Å². The molecule has 0 spiro atoms. The lowest BCUT2D eigenvalue weighted by molar-refractivity contribution is -0.118. The van der Waals surface area contributed by atoms with Gasteiger partial charge in [0.2, 0.25) is 5.91 Å². The minimum Gasteiger partial charge on any atom is -0.492 e. The topological polar surface area (TPSA) is 89.8 Å². The van der Waals surface area contributed by atoms with Gasteiger partial charge in [-0.3, -0.25) is 14.2 Å². The number of fused-ring (bicyclic) bond motifs is 1. The summed E-state index contributed by atoms with van der Waals surface area (Å²) in [5.74, 6) is 0.685. The van der Waals surface area contributed by atoms with Gasteiger partial charge in [-0.05, 0) is 47.4 Å². The molecule has 8 heteroatoms. The molecule has 1 amide bonds. The molecule has 1 heterocycles. The Morgan fingerprint density at radius 1 is 1.06 bits per heavy atom. The SMILES string of the molecule is CC(=O)NCCc1ccc(OCCn2c(=O)sc3cc(C(N=O)c4ccccc4)ccc32)cc1. The summed E-state index contributed by atoms with van der Waals surface area (Å²) in [6.45, 7) is 2.86. The first-order chi connectivity index (χ1) is 16.5. The third kappa shape index (κ3) is 5.58. The number of nitrogens with one attached hydrogen (secondary N) is 1. The van der Waals surface area contributed by atoms with Crippen LogP contribution >= 0.6 is 11.3 Å². The fraction of sp³-hybridized carbons (Fsp3) is 0.231. The van der Waals surface area contributed by atoms with Crippen LogP contribution in [0.1, 0.15) is 29.7 Å². The van der Waals surface area contributed by atoms with E-state index in [9.17, 15) is 14.5 Å². The number of nitroso groups, excluding NO2 is 1. The van der Waals surface area contributed by atoms with Gasteiger partial charge in [0.05, 0.1) is 16.8 Å². The molecule has 4 aromatic rings. The van der Waals surface area contributed by atoms with Gasteiger partial charge in [-0.15, -0.1) is 4.91 Å². The van der Waals surface area contributed by atoms with Crippen molar-refractivity contribution in [3.8, 4) is 5.75 Å². The first-order valence-electron chi connectivity index (χ1n) is 11.0. The van der Waals surface area contributed by atoms with Crippen LogP contribution < -0.4 is 14.9 Å². The fourth-order valence-electron chi connectivity index (χ4n) is 3.80. The third-order valence-corrected chi connectivity index (χ3v) is 6.47. The molecule has 0 fully saturated rings. The predicted octanol–water partition coefficient (Wildman–Crippen LogP) is 4.68. The van der Waals surface area contributed by atoms with Crippen LogP contribution in [0, 0.1) is 4.91 Å². The number of amides is 1. The van der Waals surface area contributed by atoms with Gasteiger partial charge in [0.1, 0.15) is 18.4 Å². The van der Waals surface area contributed by atoms with Crippen molar-refractivity contribution >= 4 is 27.5 Å². The van der Waals surface area contributed by atoms with Crippen LogP contribution in [-0.4, -0.2) is 23.6 Å². The van der Waals surface area contributed by atoms with Crippen LogP contribution in [0.25, 0.3) is 10.2 Å². The van der Waals surface area contributed by atoms with Crippen molar-refractivity contribution in [3.05, 3.63) is 104 Å². The molecule has 0 saturated carbocycles. The molecule has 0 aliphatic carbocycles. The molecule has 0 aliphatic rings. The molecular formula is C26H25N3O4S. The summed E-state index contributed by atoms with van der Waals surface area (Å²) in [4.78, 5) is 35.0. The maximum absolute atomic E-state index is 12.6. The lowest BCUT2D eigenvalue weighted by atomic mass is 9.99. The molecule has 1 N–H and O–H groups in total. The Labute approximate surface area is 201 Å². The standard InChI is InChI=1S/C26H25N3O4S/c1-18(30)27-14-13-19-7-10-22(11-8-19)33-16-15-29-23-12-9-21(17-24(23)34-26(29)31)25(28-32)20-5-3-2-4-6-20/h2-12,17,25H,13-16H2,1H3,(H,27,30). The van der Waals surface area contributed by atoms with E-state index in [2.05, 4.69) is 10.5 Å². The highest BCUT2D eigenvalue weighted by molar-refractivity contribution is 7.16. The molecule has 3 aromatic carbocycles. The summed E-state index contributed by atoms with van der Waals surface area (Å²) in [5.41, 5.74) is 3.50. The van der Waals surface area contributed by atoms with E-state index in [4.69, 9.17) is 4.74 Å². The van der Waals surface area contributed by atoms with Gasteiger partial charge in [0, 0.05) is 13.5 Å². The molecule has 0 saturated heterocycles. The zero-order chi connectivity index (χ0) is 23.9. The average molecular weight is 476 g/mol. The van der Waals surface area contributed by atoms with Gasteiger partial charge in [0.25, 0.3) is 0 Å². The Kier molecular flexibility index (Phi) is 7.49. The highest BCUT2D eigenvalue weighted by Gasteiger charge is 2.17. The second kappa shape index (κ2) is 10.9. The predicted molar refractivity (Wildman–Crippen MR) is 134 cm³/mol. The minimum atomic E-state index is -0.610. The lowest BCUT2D eigenvalue weighted by Gasteiger charge is -2.11. The molecule has 1 atom stereocenters. The molecule has 174 valence electrons. The van der Waals surface area contributed by atoms with Crippen molar-refractivity contribution in [2.45, 2.75) is 25.9 Å². The second-order valence-corrected chi connectivity index (χ2v) is 8.88. The molecule has 0 aliphatic heterocycles. The molecule has 7 nitrogen and oxygen atoms in total. The van der Waals surface area contributed by atoms with Crippen molar-refractivity contribution in [2.24, 2.45) is 5.18 Å². The van der Waals surface area contributed by atoms with E-state index in [1.165, 1.54) is 6.92 Å². The number of carbonyl (C=O) groups is 1. The number of rotatable bonds is 10. The van der Waals surface area contributed by atoms with Gasteiger partial charge in [0.15, 0.2) is 0 Å². The largest absolute Gasteiger partial charge is 0.492 e. The highest BCUT2D eigenvalue weighted by Crippen LogP contribution is 2.29. The Morgan fingerprint density at radius 2 is 1.82 bits per heavy atom. The van der Waals surface area contributed by atoms with Crippen molar-refractivity contribution in [2.75, 3.05) is 13.2 Å². The maximum Gasteiger partial charge on any atom is 0.308 e. The number of aromatic nitrogens is 1. The highest BCUT2D eigenvalue weighted by atomic mass is 32.1. The number of nitrogens with zero attached hydrogens (tertiary/aromatic N) is 2. The molecule has 0 radical (unpaired) electrons. The Morgan fingerprint density at radius 3 is 2.53 bits per heavy atom. The zero-order valence-corrected chi connectivity index (χ0v) is 19.6. The molecule has 1 unspecified atom stereocenters. The summed E-state index contributed by atoms with van der Waals surface area (Å²) < 4.78 is 8.34. The quantitative estimate of drug-likeness (QED) is 0.337. The van der Waals surface area contributed by atoms with Gasteiger partial charge >= 0.3 is 4.87 Å². The van der Waals surface area contributed by atoms with Crippen LogP contribution in [0.2, 0.25) is 0 Å². The molecular weight excluding hydrogens is 450 g/mol. The van der Waals surface area contributed by atoms with Crippen molar-refractivity contribution < 1.29 is 9.53 Å². The van der Waals surface area contributed by atoms with Crippen LogP contribution in [0.4, 0.5) is 0 Å². The monoisotopic (exact) mass is 475 g/mol. The Hall–Kier alpha value is -3.78. The lowest BCUT2D eigenvalue weighted by Crippen LogP contribution is -2.22. The molecule has 1 aromatic heterocycles. The third-order valence-electron chi connectivity index (χ3n) is 5.52. The van der Waals surface area contributed by atoms with Crippen LogP contribution in [0.5, 0.6) is 5.75 Å². The van der Waals surface area contributed by atoms with E-state index >= 15 is 0 Å². The smallest absolute Gasteiger partial charge is 0.308 e. The minimum absolute atomic E-state index is 0.0382. The Balaban J connectivity index is 1.41. The van der Waals surface area contributed by atoms with E-state index in [-0.39, 0.29) is 10.8 Å². The van der Waals surface area contributed by atoms with E-state index in [0.29, 0.717) is 19.7 Å². The van der Waals surface area contributed by atoms with Gasteiger partial charge < -0.3 is 10.1 Å². The Bertz CT molecular complexity index is 1330. The molecule has 0 bridgehead atoms. The van der Waals surface area contributed by atoms with Crippen LogP contribution in [0.15, 0.2) is 82.8 Å². The van der Waals surface area contributed by atoms with Crippen LogP contribution in [0.3, 0.4) is 0 Å². The van der Waals surface area contributed by atoms with Crippen LogP contribution in [-0.2, 0) is 17.8 Å². The van der Waals surface area contributed by atoms with Crippen molar-refractivity contribution in [3.63, 3.8) is 0 Å². The maximum atomic E-state index is 12.6. The van der Waals surface area contributed by atoms with E-state index in [1.54, 1.807) is 4.57 Å². The van der Waals surface area contributed by atoms with Crippen molar-refractivity contribution in [1.29, 1.82) is 0 Å². The second-order valence-electron chi connectivity index (χ2n) is 7.89. The summed E-state index contributed by atoms with van der Waals surface area (Å²) in [6, 6.07) is 22.1. The first kappa shape index (κ1) is 23.4. The van der Waals surface area contributed by atoms with Gasteiger partial charge in [-0.25, -0.2) is 0 Å². The zero-order valence-electron chi connectivity index (χ0n) is 18.8. The number of hydrogen-bond donors (Lipinski definition) is 1. The summed E-state index contributed by atoms with van der Waals surface area (Å²) in [7, 11) is 0. The van der Waals surface area contributed by atoms with E-state index in [1.807, 2.05) is 72.8 Å². The summed E-state index contributed by atoms with van der Waals surface area (Å²) in [5, 5.41) is 6.09. The first-order valence-corrected chi connectivity index (χ1v) is 11.8.